The molecule has 0 amide bonds. The average Bonchev–Trinajstić information content (AvgIpc) is 2.85. The molecule has 36 heavy (non-hydrogen) atoms. The van der Waals surface area contributed by atoms with Crippen LogP contribution in [0.15, 0.2) is 66.7 Å². The number of aromatic carboxylic acids is 1. The van der Waals surface area contributed by atoms with Crippen LogP contribution < -0.4 is 4.90 Å². The topological polar surface area (TPSA) is 60.8 Å². The number of aromatic hydroxyl groups is 1. The molecule has 0 aromatic heterocycles. The summed E-state index contributed by atoms with van der Waals surface area (Å²) < 4.78 is 38.1. The minimum atomic E-state index is -4.38. The highest BCUT2D eigenvalue weighted by Crippen LogP contribution is 2.32. The van der Waals surface area contributed by atoms with Gasteiger partial charge in [-0.1, -0.05) is 56.2 Å². The van der Waals surface area contributed by atoms with Crippen LogP contribution in [0.25, 0.3) is 0 Å². The Morgan fingerprint density at radius 2 is 1.50 bits per heavy atom. The molecule has 4 nitrogen and oxygen atoms in total. The molecule has 0 unspecified atom stereocenters. The van der Waals surface area contributed by atoms with Gasteiger partial charge in [0.05, 0.1) is 11.3 Å². The first-order chi connectivity index (χ1) is 17.2. The summed E-state index contributed by atoms with van der Waals surface area (Å²) in [7, 11) is 0. The lowest BCUT2D eigenvalue weighted by Crippen LogP contribution is -2.24. The number of nitrogens with zero attached hydrogens (tertiary/aromatic N) is 1. The van der Waals surface area contributed by atoms with Gasteiger partial charge in [0.25, 0.3) is 0 Å². The van der Waals surface area contributed by atoms with Crippen LogP contribution >= 0.6 is 0 Å². The highest BCUT2D eigenvalue weighted by molar-refractivity contribution is 5.93. The summed E-state index contributed by atoms with van der Waals surface area (Å²) in [5.74, 6) is 4.40. The fraction of sp³-hybridized carbons (Fsp3) is 0.276. The quantitative estimate of drug-likeness (QED) is 0.246. The SMILES string of the molecule is CCCCCCN(Cc1ccc(C#Cc2ccc(C(F)(F)F)cc2)cc1)c1cccc(C(=O)O)c1O. The summed E-state index contributed by atoms with van der Waals surface area (Å²) in [5.41, 5.74) is 1.77. The van der Waals surface area contributed by atoms with Crippen LogP contribution in [-0.2, 0) is 12.7 Å². The third-order valence-electron chi connectivity index (χ3n) is 5.76. The summed E-state index contributed by atoms with van der Waals surface area (Å²) in [6, 6.07) is 16.9. The van der Waals surface area contributed by atoms with E-state index in [9.17, 15) is 28.2 Å². The number of para-hydroxylation sites is 1. The van der Waals surface area contributed by atoms with Gasteiger partial charge in [-0.25, -0.2) is 4.79 Å². The molecule has 0 fully saturated rings. The van der Waals surface area contributed by atoms with Crippen molar-refractivity contribution < 1.29 is 28.2 Å². The minimum Gasteiger partial charge on any atom is -0.505 e. The predicted molar refractivity (Wildman–Crippen MR) is 134 cm³/mol. The van der Waals surface area contributed by atoms with Gasteiger partial charge < -0.3 is 15.1 Å². The summed E-state index contributed by atoms with van der Waals surface area (Å²) >= 11 is 0. The van der Waals surface area contributed by atoms with E-state index in [-0.39, 0.29) is 11.3 Å². The van der Waals surface area contributed by atoms with Crippen LogP contribution in [-0.4, -0.2) is 22.7 Å². The van der Waals surface area contributed by atoms with Crippen molar-refractivity contribution in [2.45, 2.75) is 45.3 Å². The third-order valence-corrected chi connectivity index (χ3v) is 5.76. The number of benzene rings is 3. The van der Waals surface area contributed by atoms with E-state index in [0.717, 1.165) is 43.4 Å². The number of alkyl halides is 3. The number of unbranched alkanes of at least 4 members (excludes halogenated alkanes) is 3. The van der Waals surface area contributed by atoms with Gasteiger partial charge in [0, 0.05) is 24.2 Å². The molecule has 7 heteroatoms. The second kappa shape index (κ2) is 12.2. The van der Waals surface area contributed by atoms with E-state index >= 15 is 0 Å². The first-order valence-corrected chi connectivity index (χ1v) is 11.8. The van der Waals surface area contributed by atoms with Crippen molar-refractivity contribution in [1.82, 2.24) is 0 Å². The van der Waals surface area contributed by atoms with Crippen molar-refractivity contribution in [2.75, 3.05) is 11.4 Å². The van der Waals surface area contributed by atoms with Gasteiger partial charge in [-0.2, -0.15) is 13.2 Å². The molecule has 0 aliphatic heterocycles. The smallest absolute Gasteiger partial charge is 0.416 e. The van der Waals surface area contributed by atoms with Crippen LogP contribution in [0, 0.1) is 11.8 Å². The van der Waals surface area contributed by atoms with Crippen molar-refractivity contribution in [3.8, 4) is 17.6 Å². The first kappa shape index (κ1) is 26.7. The zero-order valence-electron chi connectivity index (χ0n) is 20.0. The van der Waals surface area contributed by atoms with Gasteiger partial charge in [0.2, 0.25) is 0 Å². The molecule has 0 saturated carbocycles. The molecular weight excluding hydrogens is 467 g/mol. The highest BCUT2D eigenvalue weighted by Gasteiger charge is 2.29. The lowest BCUT2D eigenvalue weighted by atomic mass is 10.1. The maximum absolute atomic E-state index is 12.7. The van der Waals surface area contributed by atoms with Crippen LogP contribution in [0.4, 0.5) is 18.9 Å². The Bertz CT molecular complexity index is 1220. The summed E-state index contributed by atoms with van der Waals surface area (Å²) in [6.45, 7) is 3.25. The van der Waals surface area contributed by atoms with E-state index in [2.05, 4.69) is 18.8 Å². The average molecular weight is 496 g/mol. The maximum Gasteiger partial charge on any atom is 0.416 e. The fourth-order valence-electron chi connectivity index (χ4n) is 3.77. The lowest BCUT2D eigenvalue weighted by molar-refractivity contribution is -0.137. The number of carboxylic acids is 1. The van der Waals surface area contributed by atoms with E-state index < -0.39 is 17.7 Å². The van der Waals surface area contributed by atoms with Crippen LogP contribution in [0.3, 0.4) is 0 Å². The predicted octanol–water partition coefficient (Wildman–Crippen LogP) is 7.10. The van der Waals surface area contributed by atoms with E-state index in [1.54, 1.807) is 12.1 Å². The van der Waals surface area contributed by atoms with Crippen molar-refractivity contribution in [1.29, 1.82) is 0 Å². The Hall–Kier alpha value is -3.92. The van der Waals surface area contributed by atoms with E-state index in [0.29, 0.717) is 29.9 Å². The van der Waals surface area contributed by atoms with Crippen molar-refractivity contribution >= 4 is 11.7 Å². The number of hydrogen-bond donors (Lipinski definition) is 2. The van der Waals surface area contributed by atoms with Gasteiger partial charge in [-0.15, -0.1) is 0 Å². The maximum atomic E-state index is 12.7. The van der Waals surface area contributed by atoms with E-state index in [1.165, 1.54) is 18.2 Å². The Morgan fingerprint density at radius 1 is 0.889 bits per heavy atom. The molecule has 3 aromatic carbocycles. The minimum absolute atomic E-state index is 0.139. The van der Waals surface area contributed by atoms with Gasteiger partial charge in [0.1, 0.15) is 5.56 Å². The summed E-state index contributed by atoms with van der Waals surface area (Å²) in [4.78, 5) is 13.4. The number of carbonyl (C=O) groups is 1. The van der Waals surface area contributed by atoms with E-state index in [4.69, 9.17) is 0 Å². The molecule has 0 aliphatic rings. The number of rotatable bonds is 9. The Kier molecular flexibility index (Phi) is 9.02. The van der Waals surface area contributed by atoms with Crippen LogP contribution in [0.2, 0.25) is 0 Å². The Labute approximate surface area is 209 Å². The largest absolute Gasteiger partial charge is 0.505 e. The number of halogens is 3. The Balaban J connectivity index is 1.76. The fourth-order valence-corrected chi connectivity index (χ4v) is 3.77. The summed E-state index contributed by atoms with van der Waals surface area (Å²) in [6.07, 6.45) is -0.250. The standard InChI is InChI=1S/C29H28F3NO3/c1-2-3-4-5-19-33(26-8-6-7-25(27(26)34)28(35)36)20-23-13-11-21(12-14-23)9-10-22-15-17-24(18-16-22)29(30,31)32/h6-8,11-18,34H,2-5,19-20H2,1H3,(H,35,36). The van der Waals surface area contributed by atoms with Gasteiger partial charge in [-0.05, 0) is 60.5 Å². The molecule has 0 atom stereocenters. The Morgan fingerprint density at radius 3 is 2.06 bits per heavy atom. The van der Waals surface area contributed by atoms with E-state index in [1.807, 2.05) is 29.2 Å². The van der Waals surface area contributed by atoms with Crippen molar-refractivity contribution in [2.24, 2.45) is 0 Å². The molecule has 0 heterocycles. The highest BCUT2D eigenvalue weighted by atomic mass is 19.4. The lowest BCUT2D eigenvalue weighted by Gasteiger charge is -2.26. The zero-order chi connectivity index (χ0) is 26.1. The molecular formula is C29H28F3NO3. The molecule has 3 rings (SSSR count). The van der Waals surface area contributed by atoms with Crippen molar-refractivity contribution in [3.63, 3.8) is 0 Å². The number of phenols is 1. The molecule has 0 radical (unpaired) electrons. The molecule has 0 bridgehead atoms. The molecule has 3 aromatic rings. The number of anilines is 1. The third kappa shape index (κ3) is 7.29. The number of carboxylic acid groups (broad SMARTS) is 1. The van der Waals surface area contributed by atoms with Gasteiger partial charge >= 0.3 is 12.1 Å². The van der Waals surface area contributed by atoms with Gasteiger partial charge in [-0.3, -0.25) is 0 Å². The zero-order valence-corrected chi connectivity index (χ0v) is 20.0. The normalized spacial score (nSPS) is 11.0. The molecule has 0 aliphatic carbocycles. The number of hydrogen-bond acceptors (Lipinski definition) is 3. The second-order valence-electron chi connectivity index (χ2n) is 8.48. The monoisotopic (exact) mass is 495 g/mol. The molecule has 188 valence electrons. The van der Waals surface area contributed by atoms with Crippen LogP contribution in [0.1, 0.15) is 65.2 Å². The summed E-state index contributed by atoms with van der Waals surface area (Å²) in [5, 5.41) is 20.0. The van der Waals surface area contributed by atoms with Gasteiger partial charge in [0.15, 0.2) is 5.75 Å². The second-order valence-corrected chi connectivity index (χ2v) is 8.48. The van der Waals surface area contributed by atoms with Crippen molar-refractivity contribution in [3.05, 3.63) is 94.5 Å². The van der Waals surface area contributed by atoms with Crippen LogP contribution in [0.5, 0.6) is 5.75 Å². The molecule has 0 spiro atoms. The molecule has 0 saturated heterocycles. The first-order valence-electron chi connectivity index (χ1n) is 11.8. The molecule has 2 N–H and O–H groups in total.